The Hall–Kier alpha value is -1.47. The van der Waals surface area contributed by atoms with E-state index < -0.39 is 0 Å². The van der Waals surface area contributed by atoms with Crippen LogP contribution in [0.1, 0.15) is 44.4 Å². The molecule has 124 valence electrons. The van der Waals surface area contributed by atoms with Gasteiger partial charge in [0.1, 0.15) is 0 Å². The average Bonchev–Trinajstić information content (AvgIpc) is 2.94. The molecule has 2 heterocycles. The van der Waals surface area contributed by atoms with Gasteiger partial charge in [0.25, 0.3) is 0 Å². The zero-order valence-corrected chi connectivity index (χ0v) is 13.8. The molecule has 0 spiro atoms. The van der Waals surface area contributed by atoms with Crippen LogP contribution in [0.5, 0.6) is 0 Å². The standard InChI is InChI=1S/C15H27N5O2/c1-4-5-6-16-14(21)11-19-7-9-20(10-8-19)12(2)15-17-13(3)18-22-15/h12H,4-11H2,1-3H3,(H,16,21)/t12-/m1/s1. The lowest BCUT2D eigenvalue weighted by atomic mass is 10.2. The van der Waals surface area contributed by atoms with Gasteiger partial charge >= 0.3 is 0 Å². The Morgan fingerprint density at radius 3 is 2.68 bits per heavy atom. The van der Waals surface area contributed by atoms with Crippen molar-refractivity contribution in [1.29, 1.82) is 0 Å². The summed E-state index contributed by atoms with van der Waals surface area (Å²) in [7, 11) is 0. The molecular formula is C15H27N5O2. The Morgan fingerprint density at radius 1 is 1.36 bits per heavy atom. The second kappa shape index (κ2) is 8.24. The fraction of sp³-hybridized carbons (Fsp3) is 0.800. The Kier molecular flexibility index (Phi) is 6.33. The van der Waals surface area contributed by atoms with Gasteiger partial charge in [-0.05, 0) is 20.3 Å². The molecule has 1 amide bonds. The summed E-state index contributed by atoms with van der Waals surface area (Å²) in [5.74, 6) is 1.47. The zero-order chi connectivity index (χ0) is 15.9. The first-order chi connectivity index (χ1) is 10.6. The van der Waals surface area contributed by atoms with Gasteiger partial charge in [0.05, 0.1) is 12.6 Å². The average molecular weight is 309 g/mol. The molecule has 22 heavy (non-hydrogen) atoms. The Balaban J connectivity index is 1.72. The highest BCUT2D eigenvalue weighted by Gasteiger charge is 2.26. The van der Waals surface area contributed by atoms with Gasteiger partial charge in [-0.1, -0.05) is 18.5 Å². The molecule has 7 nitrogen and oxygen atoms in total. The van der Waals surface area contributed by atoms with Crippen molar-refractivity contribution < 1.29 is 9.32 Å². The molecule has 7 heteroatoms. The lowest BCUT2D eigenvalue weighted by Gasteiger charge is -2.36. The largest absolute Gasteiger partial charge is 0.355 e. The van der Waals surface area contributed by atoms with E-state index in [0.29, 0.717) is 18.3 Å². The summed E-state index contributed by atoms with van der Waals surface area (Å²) in [6.07, 6.45) is 2.15. The first-order valence-corrected chi connectivity index (χ1v) is 8.13. The van der Waals surface area contributed by atoms with Gasteiger partial charge in [-0.25, -0.2) is 0 Å². The number of aryl methyl sites for hydroxylation is 1. The topological polar surface area (TPSA) is 74.5 Å². The van der Waals surface area contributed by atoms with Gasteiger partial charge in [0, 0.05) is 32.7 Å². The maximum absolute atomic E-state index is 11.8. The molecule has 1 fully saturated rings. The van der Waals surface area contributed by atoms with Crippen LogP contribution in [0, 0.1) is 6.92 Å². The van der Waals surface area contributed by atoms with Gasteiger partial charge in [0.15, 0.2) is 5.82 Å². The first kappa shape index (κ1) is 16.9. The van der Waals surface area contributed by atoms with Crippen molar-refractivity contribution in [3.05, 3.63) is 11.7 Å². The molecular weight excluding hydrogens is 282 g/mol. The molecule has 0 radical (unpaired) electrons. The fourth-order valence-corrected chi connectivity index (χ4v) is 2.61. The summed E-state index contributed by atoms with van der Waals surface area (Å²) in [5.41, 5.74) is 0. The van der Waals surface area contributed by atoms with E-state index in [1.165, 1.54) is 0 Å². The minimum Gasteiger partial charge on any atom is -0.355 e. The molecule has 1 aromatic heterocycles. The van der Waals surface area contributed by atoms with Gasteiger partial charge < -0.3 is 9.84 Å². The predicted molar refractivity (Wildman–Crippen MR) is 83.4 cm³/mol. The summed E-state index contributed by atoms with van der Waals surface area (Å²) in [6, 6.07) is 0.127. The van der Waals surface area contributed by atoms with Crippen LogP contribution in [0.25, 0.3) is 0 Å². The van der Waals surface area contributed by atoms with Crippen molar-refractivity contribution in [2.24, 2.45) is 0 Å². The van der Waals surface area contributed by atoms with E-state index >= 15 is 0 Å². The fourth-order valence-electron chi connectivity index (χ4n) is 2.61. The number of nitrogens with zero attached hydrogens (tertiary/aromatic N) is 4. The highest BCUT2D eigenvalue weighted by molar-refractivity contribution is 5.77. The summed E-state index contributed by atoms with van der Waals surface area (Å²) < 4.78 is 5.25. The third kappa shape index (κ3) is 4.78. The number of amides is 1. The monoisotopic (exact) mass is 309 g/mol. The van der Waals surface area contributed by atoms with Crippen LogP contribution >= 0.6 is 0 Å². The Bertz CT molecular complexity index is 468. The number of carbonyl (C=O) groups is 1. The number of aromatic nitrogens is 2. The molecule has 1 aliphatic heterocycles. The van der Waals surface area contributed by atoms with Crippen molar-refractivity contribution in [2.75, 3.05) is 39.3 Å². The van der Waals surface area contributed by atoms with E-state index in [1.807, 2.05) is 6.92 Å². The van der Waals surface area contributed by atoms with E-state index in [1.54, 1.807) is 0 Å². The van der Waals surface area contributed by atoms with Crippen molar-refractivity contribution in [3.8, 4) is 0 Å². The van der Waals surface area contributed by atoms with Crippen molar-refractivity contribution in [1.82, 2.24) is 25.3 Å². The second-order valence-electron chi connectivity index (χ2n) is 5.87. The summed E-state index contributed by atoms with van der Waals surface area (Å²) in [5, 5.41) is 6.81. The Morgan fingerprint density at radius 2 is 2.09 bits per heavy atom. The normalized spacial score (nSPS) is 18.3. The molecule has 1 aliphatic rings. The predicted octanol–water partition coefficient (Wildman–Crippen LogP) is 0.973. The van der Waals surface area contributed by atoms with Crippen LogP contribution in [0.15, 0.2) is 4.52 Å². The van der Waals surface area contributed by atoms with Crippen LogP contribution in [-0.4, -0.2) is 65.1 Å². The molecule has 1 N–H and O–H groups in total. The summed E-state index contributed by atoms with van der Waals surface area (Å²) in [6.45, 7) is 10.9. The summed E-state index contributed by atoms with van der Waals surface area (Å²) in [4.78, 5) is 20.6. The van der Waals surface area contributed by atoms with Crippen molar-refractivity contribution in [2.45, 2.75) is 39.7 Å². The van der Waals surface area contributed by atoms with Crippen molar-refractivity contribution >= 4 is 5.91 Å². The molecule has 1 atom stereocenters. The van der Waals surface area contributed by atoms with Gasteiger partial charge in [-0.2, -0.15) is 4.98 Å². The van der Waals surface area contributed by atoms with E-state index in [-0.39, 0.29) is 11.9 Å². The SMILES string of the molecule is CCCCNC(=O)CN1CCN([C@H](C)c2nc(C)no2)CC1. The smallest absolute Gasteiger partial charge is 0.243 e. The van der Waals surface area contributed by atoms with Gasteiger partial charge in [-0.3, -0.25) is 14.6 Å². The van der Waals surface area contributed by atoms with E-state index in [2.05, 4.69) is 39.1 Å². The van der Waals surface area contributed by atoms with Gasteiger partial charge in [-0.15, -0.1) is 0 Å². The van der Waals surface area contributed by atoms with Crippen LogP contribution in [0.3, 0.4) is 0 Å². The van der Waals surface area contributed by atoms with Crippen LogP contribution in [-0.2, 0) is 4.79 Å². The molecule has 2 rings (SSSR count). The maximum Gasteiger partial charge on any atom is 0.243 e. The van der Waals surface area contributed by atoms with Crippen LogP contribution in [0.4, 0.5) is 0 Å². The molecule has 0 unspecified atom stereocenters. The first-order valence-electron chi connectivity index (χ1n) is 8.13. The number of rotatable bonds is 7. The third-order valence-corrected chi connectivity index (χ3v) is 4.07. The molecule has 0 saturated carbocycles. The minimum atomic E-state index is 0.127. The number of piperazine rings is 1. The molecule has 0 aromatic carbocycles. The number of hydrogen-bond acceptors (Lipinski definition) is 6. The van der Waals surface area contributed by atoms with Crippen LogP contribution < -0.4 is 5.32 Å². The number of carbonyl (C=O) groups excluding carboxylic acids is 1. The number of nitrogens with one attached hydrogen (secondary N) is 1. The van der Waals surface area contributed by atoms with Gasteiger partial charge in [0.2, 0.25) is 11.8 Å². The summed E-state index contributed by atoms with van der Waals surface area (Å²) >= 11 is 0. The maximum atomic E-state index is 11.8. The molecule has 1 saturated heterocycles. The van der Waals surface area contributed by atoms with E-state index in [9.17, 15) is 4.79 Å². The quantitative estimate of drug-likeness (QED) is 0.757. The van der Waals surface area contributed by atoms with E-state index in [0.717, 1.165) is 45.6 Å². The lowest BCUT2D eigenvalue weighted by Crippen LogP contribution is -2.50. The Labute approximate surface area is 132 Å². The van der Waals surface area contributed by atoms with Crippen molar-refractivity contribution in [3.63, 3.8) is 0 Å². The second-order valence-corrected chi connectivity index (χ2v) is 5.87. The third-order valence-electron chi connectivity index (χ3n) is 4.07. The lowest BCUT2D eigenvalue weighted by molar-refractivity contribution is -0.122. The zero-order valence-electron chi connectivity index (χ0n) is 13.8. The minimum absolute atomic E-state index is 0.127. The van der Waals surface area contributed by atoms with Crippen LogP contribution in [0.2, 0.25) is 0 Å². The highest BCUT2D eigenvalue weighted by atomic mass is 16.5. The number of unbranched alkanes of at least 4 members (excludes halogenated alkanes) is 1. The molecule has 1 aromatic rings. The molecule has 0 aliphatic carbocycles. The highest BCUT2D eigenvalue weighted by Crippen LogP contribution is 2.19. The van der Waals surface area contributed by atoms with E-state index in [4.69, 9.17) is 4.52 Å². The molecule has 0 bridgehead atoms. The number of hydrogen-bond donors (Lipinski definition) is 1.